The molecule has 0 bridgehead atoms. The summed E-state index contributed by atoms with van der Waals surface area (Å²) >= 11 is 0. The first-order chi connectivity index (χ1) is 15.3. The Balaban J connectivity index is 1.62. The third kappa shape index (κ3) is 6.44. The highest BCUT2D eigenvalue weighted by Gasteiger charge is 2.34. The van der Waals surface area contributed by atoms with Crippen LogP contribution in [-0.4, -0.2) is 20.8 Å². The number of hydrogen-bond donors (Lipinski definition) is 2. The number of hydrogen-bond acceptors (Lipinski definition) is 5. The first-order valence-electron chi connectivity index (χ1n) is 9.01. The number of nitrogens with one attached hydrogen (secondary N) is 2. The van der Waals surface area contributed by atoms with Crippen LogP contribution in [0.4, 0.5) is 32.4 Å². The summed E-state index contributed by atoms with van der Waals surface area (Å²) in [7, 11) is -3.67. The van der Waals surface area contributed by atoms with E-state index >= 15 is 0 Å². The number of furan rings is 1. The van der Waals surface area contributed by atoms with Crippen LogP contribution in [0.15, 0.2) is 52.9 Å². The zero-order valence-corrected chi connectivity index (χ0v) is 17.5. The van der Waals surface area contributed by atoms with Crippen molar-refractivity contribution in [1.29, 1.82) is 0 Å². The third-order valence-corrected chi connectivity index (χ3v) is 4.69. The van der Waals surface area contributed by atoms with Crippen LogP contribution in [0.1, 0.15) is 11.1 Å². The highest BCUT2D eigenvalue weighted by Crippen LogP contribution is 2.35. The maximum Gasteiger partial charge on any atom is 0.419 e. The van der Waals surface area contributed by atoms with Crippen LogP contribution in [0.25, 0.3) is 11.3 Å². The number of rotatable bonds is 6. The molecule has 0 aliphatic heterocycles. The number of sulfonamides is 1. The lowest BCUT2D eigenvalue weighted by Crippen LogP contribution is -2.26. The van der Waals surface area contributed by atoms with E-state index in [1.807, 2.05) is 4.72 Å². The molecule has 3 aromatic rings. The second kappa shape index (κ2) is 9.10. The summed E-state index contributed by atoms with van der Waals surface area (Å²) in [5.41, 5.74) is -1.53. The molecule has 1 aromatic heterocycles. The van der Waals surface area contributed by atoms with Crippen LogP contribution in [0.3, 0.4) is 0 Å². The zero-order valence-electron chi connectivity index (χ0n) is 16.7. The number of alkyl halides is 3. The van der Waals surface area contributed by atoms with E-state index in [1.165, 1.54) is 24.3 Å². The minimum absolute atomic E-state index is 0.0859. The normalized spacial score (nSPS) is 11.8. The average Bonchev–Trinajstić information content (AvgIpc) is 3.15. The molecule has 0 aliphatic carbocycles. The van der Waals surface area contributed by atoms with Crippen molar-refractivity contribution in [3.8, 4) is 17.3 Å². The van der Waals surface area contributed by atoms with Gasteiger partial charge in [-0.2, -0.15) is 13.2 Å². The summed E-state index contributed by atoms with van der Waals surface area (Å²) in [5, 5.41) is 2.30. The van der Waals surface area contributed by atoms with E-state index < -0.39 is 39.5 Å². The third-order valence-electron chi connectivity index (χ3n) is 4.10. The van der Waals surface area contributed by atoms with Gasteiger partial charge in [0.15, 0.2) is 0 Å². The van der Waals surface area contributed by atoms with Gasteiger partial charge in [-0.25, -0.2) is 22.0 Å². The Morgan fingerprint density at radius 3 is 2.39 bits per heavy atom. The van der Waals surface area contributed by atoms with E-state index in [-0.39, 0.29) is 35.1 Å². The summed E-state index contributed by atoms with van der Waals surface area (Å²) in [4.78, 5) is 11.9. The molecule has 0 unspecified atom stereocenters. The zero-order chi connectivity index (χ0) is 24.4. The van der Waals surface area contributed by atoms with Gasteiger partial charge in [-0.1, -0.05) is 6.07 Å². The SMILES string of the molecule is CS(=O)(=O)Nc1ccc(CNC(=O)Oc2ccc(-c3ccc(F)c(C(F)(F)F)c3)o2)cc1F. The molecule has 13 heteroatoms. The summed E-state index contributed by atoms with van der Waals surface area (Å²) in [5.74, 6) is -2.75. The number of ether oxygens (including phenoxy) is 1. The van der Waals surface area contributed by atoms with Gasteiger partial charge in [0.05, 0.1) is 17.5 Å². The van der Waals surface area contributed by atoms with E-state index in [4.69, 9.17) is 9.15 Å². The van der Waals surface area contributed by atoms with Gasteiger partial charge in [-0.3, -0.25) is 4.72 Å². The highest BCUT2D eigenvalue weighted by molar-refractivity contribution is 7.92. The molecule has 2 aromatic carbocycles. The Morgan fingerprint density at radius 1 is 1.03 bits per heavy atom. The van der Waals surface area contributed by atoms with Gasteiger partial charge < -0.3 is 14.5 Å². The molecule has 7 nitrogen and oxygen atoms in total. The van der Waals surface area contributed by atoms with Crippen LogP contribution >= 0.6 is 0 Å². The lowest BCUT2D eigenvalue weighted by molar-refractivity contribution is -0.139. The van der Waals surface area contributed by atoms with Crippen molar-refractivity contribution in [1.82, 2.24) is 5.32 Å². The maximum atomic E-state index is 14.0. The van der Waals surface area contributed by atoms with Crippen molar-refractivity contribution in [2.45, 2.75) is 12.7 Å². The lowest BCUT2D eigenvalue weighted by atomic mass is 10.1. The Hall–Kier alpha value is -3.61. The summed E-state index contributed by atoms with van der Waals surface area (Å²) in [6, 6.07) is 8.24. The minimum atomic E-state index is -4.90. The lowest BCUT2D eigenvalue weighted by Gasteiger charge is -2.09. The molecule has 0 spiro atoms. The van der Waals surface area contributed by atoms with Crippen LogP contribution in [0.2, 0.25) is 0 Å². The predicted molar refractivity (Wildman–Crippen MR) is 107 cm³/mol. The number of benzene rings is 2. The van der Waals surface area contributed by atoms with E-state index in [0.29, 0.717) is 12.1 Å². The Labute approximate surface area is 184 Å². The summed E-state index contributed by atoms with van der Waals surface area (Å²) < 4.78 is 100. The largest absolute Gasteiger partial charge is 0.425 e. The van der Waals surface area contributed by atoms with Crippen molar-refractivity contribution < 1.29 is 44.3 Å². The van der Waals surface area contributed by atoms with E-state index in [2.05, 4.69) is 5.32 Å². The molecule has 0 atom stereocenters. The van der Waals surface area contributed by atoms with Gasteiger partial charge >= 0.3 is 12.3 Å². The van der Waals surface area contributed by atoms with Gasteiger partial charge in [0.25, 0.3) is 5.95 Å². The van der Waals surface area contributed by atoms with Crippen LogP contribution in [0, 0.1) is 11.6 Å². The standard InChI is InChI=1S/C20H15F5N2O5S/c1-33(29,30)27-16-5-2-11(8-15(16)22)10-26-19(28)32-18-7-6-17(31-18)12-3-4-14(21)13(9-12)20(23,24)25/h2-9,27H,10H2,1H3,(H,26,28). The molecule has 0 saturated carbocycles. The number of carbonyl (C=O) groups excluding carboxylic acids is 1. The molecule has 3 rings (SSSR count). The fourth-order valence-corrected chi connectivity index (χ4v) is 3.24. The molecular formula is C20H15F5N2O5S. The van der Waals surface area contributed by atoms with Gasteiger partial charge in [0.1, 0.15) is 17.4 Å². The van der Waals surface area contributed by atoms with E-state index in [0.717, 1.165) is 18.4 Å². The Bertz CT molecular complexity index is 1290. The van der Waals surface area contributed by atoms with Gasteiger partial charge in [-0.05, 0) is 42.0 Å². The van der Waals surface area contributed by atoms with Crippen molar-refractivity contribution >= 4 is 21.8 Å². The van der Waals surface area contributed by atoms with Gasteiger partial charge in [0, 0.05) is 18.2 Å². The fraction of sp³-hybridized carbons (Fsp3) is 0.150. The quantitative estimate of drug-likeness (QED) is 0.479. The van der Waals surface area contributed by atoms with Gasteiger partial charge in [-0.15, -0.1) is 0 Å². The number of carbonyl (C=O) groups is 1. The van der Waals surface area contributed by atoms with Crippen molar-refractivity contribution in [3.05, 3.63) is 71.3 Å². The van der Waals surface area contributed by atoms with Crippen LogP contribution in [-0.2, 0) is 22.7 Å². The number of amides is 1. The molecule has 2 N–H and O–H groups in total. The molecule has 0 aliphatic rings. The topological polar surface area (TPSA) is 97.6 Å². The molecule has 1 heterocycles. The van der Waals surface area contributed by atoms with E-state index in [9.17, 15) is 35.2 Å². The minimum Gasteiger partial charge on any atom is -0.425 e. The summed E-state index contributed by atoms with van der Waals surface area (Å²) in [6.07, 6.45) is -5.04. The molecule has 176 valence electrons. The number of anilines is 1. The van der Waals surface area contributed by atoms with Crippen LogP contribution in [0.5, 0.6) is 5.95 Å². The highest BCUT2D eigenvalue weighted by atomic mass is 32.2. The molecule has 1 amide bonds. The van der Waals surface area contributed by atoms with Crippen molar-refractivity contribution in [2.75, 3.05) is 11.0 Å². The first kappa shape index (κ1) is 24.0. The second-order valence-electron chi connectivity index (χ2n) is 6.74. The van der Waals surface area contributed by atoms with E-state index in [1.54, 1.807) is 0 Å². The van der Waals surface area contributed by atoms with Crippen LogP contribution < -0.4 is 14.8 Å². The smallest absolute Gasteiger partial charge is 0.419 e. The average molecular weight is 490 g/mol. The maximum absolute atomic E-state index is 14.0. The monoisotopic (exact) mass is 490 g/mol. The molecule has 0 saturated heterocycles. The van der Waals surface area contributed by atoms with Gasteiger partial charge in [0.2, 0.25) is 10.0 Å². The molecular weight excluding hydrogens is 475 g/mol. The Kier molecular flexibility index (Phi) is 6.63. The predicted octanol–water partition coefficient (Wildman–Crippen LogP) is 4.90. The summed E-state index contributed by atoms with van der Waals surface area (Å²) in [6.45, 7) is -0.185. The number of halogens is 5. The van der Waals surface area contributed by atoms with Crippen molar-refractivity contribution in [2.24, 2.45) is 0 Å². The first-order valence-corrected chi connectivity index (χ1v) is 10.9. The van der Waals surface area contributed by atoms with Crippen molar-refractivity contribution in [3.63, 3.8) is 0 Å². The molecule has 0 fully saturated rings. The second-order valence-corrected chi connectivity index (χ2v) is 8.49. The Morgan fingerprint density at radius 2 is 1.76 bits per heavy atom. The molecule has 33 heavy (non-hydrogen) atoms. The molecule has 0 radical (unpaired) electrons. The fourth-order valence-electron chi connectivity index (χ4n) is 2.68.